The number of sulfonamides is 1. The number of likely N-dealkylation sites (N-methyl/N-ethyl adjacent to an activating group) is 1. The summed E-state index contributed by atoms with van der Waals surface area (Å²) in [7, 11) is -2.26. The van der Waals surface area contributed by atoms with Gasteiger partial charge in [-0.15, -0.1) is 0 Å². The number of hydrogen-bond donors (Lipinski definition) is 4. The van der Waals surface area contributed by atoms with Crippen molar-refractivity contribution >= 4 is 27.5 Å². The lowest BCUT2D eigenvalue weighted by atomic mass is 9.98. The molecule has 0 aromatic heterocycles. The average molecular weight is 445 g/mol. The zero-order chi connectivity index (χ0) is 22.8. The van der Waals surface area contributed by atoms with Crippen LogP contribution in [0.1, 0.15) is 30.4 Å². The van der Waals surface area contributed by atoms with Crippen molar-refractivity contribution in [2.45, 2.75) is 30.6 Å². The Morgan fingerprint density at radius 2 is 1.97 bits per heavy atom. The minimum absolute atomic E-state index is 0.00134. The van der Waals surface area contributed by atoms with Crippen LogP contribution in [0.3, 0.4) is 0 Å². The Morgan fingerprint density at radius 3 is 2.48 bits per heavy atom. The fourth-order valence-electron chi connectivity index (χ4n) is 3.54. The first-order valence-corrected chi connectivity index (χ1v) is 11.3. The maximum Gasteiger partial charge on any atom is 0.270 e. The predicted molar refractivity (Wildman–Crippen MR) is 113 cm³/mol. The summed E-state index contributed by atoms with van der Waals surface area (Å²) >= 11 is 0. The molecule has 0 saturated heterocycles. The van der Waals surface area contributed by atoms with Gasteiger partial charge in [0.1, 0.15) is 16.2 Å². The topological polar surface area (TPSA) is 169 Å². The van der Waals surface area contributed by atoms with Crippen molar-refractivity contribution in [1.29, 1.82) is 10.7 Å². The molecule has 1 aliphatic heterocycles. The maximum atomic E-state index is 12.9. The molecule has 1 fully saturated rings. The normalized spacial score (nSPS) is 17.7. The Bertz CT molecular complexity index is 1100. The van der Waals surface area contributed by atoms with Gasteiger partial charge in [-0.2, -0.15) is 5.26 Å². The summed E-state index contributed by atoms with van der Waals surface area (Å²) in [5.74, 6) is -1.08. The van der Waals surface area contributed by atoms with Crippen molar-refractivity contribution in [3.05, 3.63) is 46.7 Å². The number of nitrogens with one attached hydrogen (secondary N) is 3. The van der Waals surface area contributed by atoms with Crippen LogP contribution in [0, 0.1) is 16.7 Å². The maximum absolute atomic E-state index is 12.9. The van der Waals surface area contributed by atoms with Gasteiger partial charge in [-0.1, -0.05) is 12.1 Å². The second-order valence-electron chi connectivity index (χ2n) is 7.67. The third-order valence-electron chi connectivity index (χ3n) is 5.64. The molecular weight excluding hydrogens is 420 g/mol. The van der Waals surface area contributed by atoms with E-state index in [1.165, 1.54) is 11.9 Å². The first-order valence-electron chi connectivity index (χ1n) is 9.70. The van der Waals surface area contributed by atoms with Crippen molar-refractivity contribution in [2.24, 2.45) is 5.14 Å². The van der Waals surface area contributed by atoms with Gasteiger partial charge in [0, 0.05) is 32.3 Å². The van der Waals surface area contributed by atoms with Gasteiger partial charge in [-0.05, 0) is 37.0 Å². The first-order chi connectivity index (χ1) is 14.6. The van der Waals surface area contributed by atoms with Gasteiger partial charge in [-0.25, -0.2) is 13.6 Å². The highest BCUT2D eigenvalue weighted by Gasteiger charge is 2.54. The molecule has 1 heterocycles. The van der Waals surface area contributed by atoms with Gasteiger partial charge in [0.2, 0.25) is 10.0 Å². The number of carbonyl (C=O) groups excluding carboxylic acids is 2. The second-order valence-corrected chi connectivity index (χ2v) is 9.63. The Hall–Kier alpha value is -3.23. The number of rotatable bonds is 8. The van der Waals surface area contributed by atoms with Gasteiger partial charge >= 0.3 is 0 Å². The summed E-state index contributed by atoms with van der Waals surface area (Å²) in [6, 6.07) is 8.71. The van der Waals surface area contributed by atoms with Crippen LogP contribution in [0.4, 0.5) is 0 Å². The minimum Gasteiger partial charge on any atom is -0.383 e. The van der Waals surface area contributed by atoms with Gasteiger partial charge in [0.25, 0.3) is 11.8 Å². The number of primary sulfonamides is 1. The molecule has 0 unspecified atom stereocenters. The van der Waals surface area contributed by atoms with E-state index in [0.29, 0.717) is 18.4 Å². The SMILES string of the molecule is CNC1=C(C(=N)C(=O)NCc2ccc(C#N)cc2)CCN(CC2(S(N)(=O)=O)CC2)C1=O. The Labute approximate surface area is 180 Å². The van der Waals surface area contributed by atoms with E-state index >= 15 is 0 Å². The van der Waals surface area contributed by atoms with Crippen LogP contribution in [0.5, 0.6) is 0 Å². The highest BCUT2D eigenvalue weighted by atomic mass is 32.2. The molecule has 31 heavy (non-hydrogen) atoms. The van der Waals surface area contributed by atoms with Crippen molar-refractivity contribution in [2.75, 3.05) is 20.1 Å². The first kappa shape index (κ1) is 22.5. The lowest BCUT2D eigenvalue weighted by molar-refractivity contribution is -0.128. The zero-order valence-corrected chi connectivity index (χ0v) is 17.9. The largest absolute Gasteiger partial charge is 0.383 e. The van der Waals surface area contributed by atoms with E-state index in [1.807, 2.05) is 6.07 Å². The molecule has 5 N–H and O–H groups in total. The number of nitrogens with zero attached hydrogens (tertiary/aromatic N) is 2. The molecule has 11 heteroatoms. The molecule has 0 spiro atoms. The van der Waals surface area contributed by atoms with Gasteiger partial charge < -0.3 is 15.5 Å². The number of nitrogens with two attached hydrogens (primary N) is 1. The molecule has 164 valence electrons. The fraction of sp³-hybridized carbons (Fsp3) is 0.400. The van der Waals surface area contributed by atoms with E-state index in [1.54, 1.807) is 24.3 Å². The van der Waals surface area contributed by atoms with E-state index < -0.39 is 26.6 Å². The number of carbonyl (C=O) groups is 2. The monoisotopic (exact) mass is 444 g/mol. The molecule has 0 bridgehead atoms. The number of benzene rings is 1. The summed E-state index contributed by atoms with van der Waals surface area (Å²) in [5, 5.41) is 27.8. The standard InChI is InChI=1S/C20H24N6O4S/c1-24-17-15(6-9-26(19(17)28)12-20(7-8-20)31(23,29)30)16(22)18(27)25-11-14-4-2-13(10-21)3-5-14/h2-5,22,24H,6-9,11-12H2,1H3,(H,25,27)(H2,23,29,30). The third kappa shape index (κ3) is 4.60. The molecule has 2 amide bonds. The Morgan fingerprint density at radius 1 is 1.32 bits per heavy atom. The molecular formula is C20H24N6O4S. The summed E-state index contributed by atoms with van der Waals surface area (Å²) in [4.78, 5) is 26.8. The van der Waals surface area contributed by atoms with Gasteiger partial charge in [0.15, 0.2) is 0 Å². The molecule has 1 aromatic rings. The van der Waals surface area contributed by atoms with Gasteiger partial charge in [-0.3, -0.25) is 15.0 Å². The quantitative estimate of drug-likeness (QED) is 0.402. The lowest BCUT2D eigenvalue weighted by Crippen LogP contribution is -2.49. The van der Waals surface area contributed by atoms with E-state index in [4.69, 9.17) is 15.8 Å². The molecule has 2 aliphatic rings. The van der Waals surface area contributed by atoms with Crippen LogP contribution in [0.15, 0.2) is 35.5 Å². The smallest absolute Gasteiger partial charge is 0.270 e. The van der Waals surface area contributed by atoms with Crippen LogP contribution >= 0.6 is 0 Å². The van der Waals surface area contributed by atoms with Crippen molar-refractivity contribution in [3.8, 4) is 6.07 Å². The summed E-state index contributed by atoms with van der Waals surface area (Å²) in [6.45, 7) is 0.370. The van der Waals surface area contributed by atoms with Crippen LogP contribution in [0.25, 0.3) is 0 Å². The minimum atomic E-state index is -3.77. The van der Waals surface area contributed by atoms with E-state index in [2.05, 4.69) is 10.6 Å². The molecule has 10 nitrogen and oxygen atoms in total. The van der Waals surface area contributed by atoms with E-state index in [9.17, 15) is 18.0 Å². The molecule has 0 radical (unpaired) electrons. The highest BCUT2D eigenvalue weighted by Crippen LogP contribution is 2.43. The highest BCUT2D eigenvalue weighted by molar-refractivity contribution is 7.90. The Balaban J connectivity index is 1.69. The summed E-state index contributed by atoms with van der Waals surface area (Å²) in [6.07, 6.45) is 1.06. The molecule has 3 rings (SSSR count). The van der Waals surface area contributed by atoms with Crippen LogP contribution in [-0.2, 0) is 26.2 Å². The molecule has 1 aliphatic carbocycles. The van der Waals surface area contributed by atoms with Crippen molar-refractivity contribution in [1.82, 2.24) is 15.5 Å². The molecule has 1 saturated carbocycles. The number of nitriles is 1. The van der Waals surface area contributed by atoms with Crippen molar-refractivity contribution < 1.29 is 18.0 Å². The molecule has 1 aromatic carbocycles. The summed E-state index contributed by atoms with van der Waals surface area (Å²) < 4.78 is 22.6. The fourth-order valence-corrected chi connectivity index (χ4v) is 4.55. The van der Waals surface area contributed by atoms with E-state index in [0.717, 1.165) is 5.56 Å². The Kier molecular flexibility index (Phi) is 6.15. The zero-order valence-electron chi connectivity index (χ0n) is 17.1. The van der Waals surface area contributed by atoms with Crippen LogP contribution < -0.4 is 15.8 Å². The van der Waals surface area contributed by atoms with Crippen LogP contribution in [0.2, 0.25) is 0 Å². The lowest BCUT2D eigenvalue weighted by Gasteiger charge is -2.32. The van der Waals surface area contributed by atoms with E-state index in [-0.39, 0.29) is 43.0 Å². The third-order valence-corrected chi connectivity index (χ3v) is 7.38. The number of amides is 2. The second kappa shape index (κ2) is 8.49. The van der Waals surface area contributed by atoms with Crippen LogP contribution in [-0.4, -0.2) is 55.7 Å². The molecule has 0 atom stereocenters. The van der Waals surface area contributed by atoms with Gasteiger partial charge in [0.05, 0.1) is 11.6 Å². The summed E-state index contributed by atoms with van der Waals surface area (Å²) in [5.41, 5.74) is 1.34. The van der Waals surface area contributed by atoms with Crippen molar-refractivity contribution in [3.63, 3.8) is 0 Å². The number of hydrogen-bond acceptors (Lipinski definition) is 7. The average Bonchev–Trinajstić information content (AvgIpc) is 3.54. The predicted octanol–water partition coefficient (Wildman–Crippen LogP) is -0.279.